The summed E-state index contributed by atoms with van der Waals surface area (Å²) in [4.78, 5) is 8.07. The summed E-state index contributed by atoms with van der Waals surface area (Å²) < 4.78 is 4.70. The zero-order chi connectivity index (χ0) is 9.26. The van der Waals surface area contributed by atoms with Gasteiger partial charge in [0.1, 0.15) is 0 Å². The standard InChI is InChI=1S/C9H9N3O/c1-6-3-10-4-7(2)8(6)9-11-5-13-12-9/h3-5H,1-2H3. The number of hydrogen-bond acceptors (Lipinski definition) is 4. The molecule has 0 spiro atoms. The van der Waals surface area contributed by atoms with Gasteiger partial charge in [0.25, 0.3) is 0 Å². The molecular weight excluding hydrogens is 166 g/mol. The van der Waals surface area contributed by atoms with Crippen LogP contribution in [0.2, 0.25) is 0 Å². The van der Waals surface area contributed by atoms with Crippen LogP contribution in [-0.2, 0) is 0 Å². The van der Waals surface area contributed by atoms with Crippen LogP contribution in [0.4, 0.5) is 0 Å². The van der Waals surface area contributed by atoms with Crippen LogP contribution >= 0.6 is 0 Å². The monoisotopic (exact) mass is 175 g/mol. The molecule has 0 aromatic carbocycles. The Kier molecular flexibility index (Phi) is 1.81. The highest BCUT2D eigenvalue weighted by molar-refractivity contribution is 5.62. The third-order valence-corrected chi connectivity index (χ3v) is 1.91. The van der Waals surface area contributed by atoms with E-state index < -0.39 is 0 Å². The SMILES string of the molecule is Cc1cncc(C)c1-c1ncon1. The third kappa shape index (κ3) is 1.30. The largest absolute Gasteiger partial charge is 0.342 e. The van der Waals surface area contributed by atoms with Crippen molar-refractivity contribution in [3.63, 3.8) is 0 Å². The van der Waals surface area contributed by atoms with E-state index in [-0.39, 0.29) is 0 Å². The minimum atomic E-state index is 0.623. The van der Waals surface area contributed by atoms with E-state index in [1.807, 2.05) is 13.8 Å². The molecule has 0 saturated carbocycles. The molecule has 0 saturated heterocycles. The quantitative estimate of drug-likeness (QED) is 0.662. The first kappa shape index (κ1) is 7.91. The smallest absolute Gasteiger partial charge is 0.214 e. The van der Waals surface area contributed by atoms with Crippen molar-refractivity contribution in [3.8, 4) is 11.4 Å². The van der Waals surface area contributed by atoms with Gasteiger partial charge in [-0.3, -0.25) is 4.98 Å². The van der Waals surface area contributed by atoms with E-state index in [4.69, 9.17) is 4.52 Å². The topological polar surface area (TPSA) is 51.8 Å². The lowest BCUT2D eigenvalue weighted by Crippen LogP contribution is -1.91. The lowest BCUT2D eigenvalue weighted by atomic mass is 10.1. The molecule has 4 heteroatoms. The second-order valence-electron chi connectivity index (χ2n) is 2.90. The fourth-order valence-corrected chi connectivity index (χ4v) is 1.33. The highest BCUT2D eigenvalue weighted by Crippen LogP contribution is 2.21. The molecule has 2 aromatic heterocycles. The van der Waals surface area contributed by atoms with Crippen molar-refractivity contribution in [3.05, 3.63) is 29.9 Å². The zero-order valence-corrected chi connectivity index (χ0v) is 7.48. The summed E-state index contributed by atoms with van der Waals surface area (Å²) >= 11 is 0. The zero-order valence-electron chi connectivity index (χ0n) is 7.48. The second-order valence-corrected chi connectivity index (χ2v) is 2.90. The molecule has 2 aromatic rings. The predicted octanol–water partition coefficient (Wildman–Crippen LogP) is 1.75. The van der Waals surface area contributed by atoms with Crippen molar-refractivity contribution in [2.24, 2.45) is 0 Å². The molecule has 0 unspecified atom stereocenters. The van der Waals surface area contributed by atoms with Crippen LogP contribution in [0.15, 0.2) is 23.3 Å². The van der Waals surface area contributed by atoms with Gasteiger partial charge in [0, 0.05) is 18.0 Å². The minimum Gasteiger partial charge on any atom is -0.342 e. The van der Waals surface area contributed by atoms with Gasteiger partial charge in [-0.2, -0.15) is 4.98 Å². The minimum absolute atomic E-state index is 0.623. The van der Waals surface area contributed by atoms with Gasteiger partial charge in [0.15, 0.2) is 0 Å². The first-order valence-electron chi connectivity index (χ1n) is 3.97. The summed E-state index contributed by atoms with van der Waals surface area (Å²) in [5, 5.41) is 3.79. The Hall–Kier alpha value is -1.71. The van der Waals surface area contributed by atoms with Crippen LogP contribution in [0.3, 0.4) is 0 Å². The number of aryl methyl sites for hydroxylation is 2. The molecule has 0 fully saturated rings. The Bertz CT molecular complexity index is 389. The van der Waals surface area contributed by atoms with Crippen molar-refractivity contribution in [2.75, 3.05) is 0 Å². The number of aromatic nitrogens is 3. The summed E-state index contributed by atoms with van der Waals surface area (Å²) in [6.45, 7) is 3.96. The van der Waals surface area contributed by atoms with Gasteiger partial charge in [0.2, 0.25) is 12.2 Å². The molecule has 0 N–H and O–H groups in total. The number of pyridine rings is 1. The molecule has 4 nitrogen and oxygen atoms in total. The van der Waals surface area contributed by atoms with E-state index in [2.05, 4.69) is 15.1 Å². The highest BCUT2D eigenvalue weighted by atomic mass is 16.5. The van der Waals surface area contributed by atoms with E-state index >= 15 is 0 Å². The normalized spacial score (nSPS) is 10.3. The number of rotatable bonds is 1. The van der Waals surface area contributed by atoms with Crippen LogP contribution in [0.1, 0.15) is 11.1 Å². The first-order chi connectivity index (χ1) is 6.29. The lowest BCUT2D eigenvalue weighted by Gasteiger charge is -2.02. The van der Waals surface area contributed by atoms with Crippen molar-refractivity contribution in [2.45, 2.75) is 13.8 Å². The Morgan fingerprint density at radius 2 is 1.85 bits per heavy atom. The molecule has 0 aliphatic carbocycles. The van der Waals surface area contributed by atoms with Crippen LogP contribution in [0.25, 0.3) is 11.4 Å². The van der Waals surface area contributed by atoms with Crippen LogP contribution in [-0.4, -0.2) is 15.1 Å². The molecule has 13 heavy (non-hydrogen) atoms. The fraction of sp³-hybridized carbons (Fsp3) is 0.222. The van der Waals surface area contributed by atoms with E-state index in [1.54, 1.807) is 12.4 Å². The lowest BCUT2D eigenvalue weighted by molar-refractivity contribution is 0.418. The van der Waals surface area contributed by atoms with Crippen LogP contribution < -0.4 is 0 Å². The average Bonchev–Trinajstić information content (AvgIpc) is 2.57. The van der Waals surface area contributed by atoms with Crippen molar-refractivity contribution in [1.82, 2.24) is 15.1 Å². The molecule has 66 valence electrons. The summed E-state index contributed by atoms with van der Waals surface area (Å²) in [6.07, 6.45) is 4.91. The van der Waals surface area contributed by atoms with E-state index in [0.29, 0.717) is 5.82 Å². The maximum absolute atomic E-state index is 4.70. The van der Waals surface area contributed by atoms with Gasteiger partial charge in [0.05, 0.1) is 0 Å². The predicted molar refractivity (Wildman–Crippen MR) is 47.0 cm³/mol. The molecule has 0 amide bonds. The molecule has 0 radical (unpaired) electrons. The Morgan fingerprint density at radius 3 is 2.38 bits per heavy atom. The molecule has 0 bridgehead atoms. The molecule has 0 aliphatic heterocycles. The second kappa shape index (κ2) is 2.97. The maximum atomic E-state index is 4.70. The molecule has 2 heterocycles. The van der Waals surface area contributed by atoms with Gasteiger partial charge >= 0.3 is 0 Å². The van der Waals surface area contributed by atoms with Crippen LogP contribution in [0.5, 0.6) is 0 Å². The van der Waals surface area contributed by atoms with Gasteiger partial charge in [-0.05, 0) is 25.0 Å². The molecule has 2 rings (SSSR count). The first-order valence-corrected chi connectivity index (χ1v) is 3.97. The van der Waals surface area contributed by atoms with E-state index in [1.165, 1.54) is 6.39 Å². The summed E-state index contributed by atoms with van der Waals surface area (Å²) in [7, 11) is 0. The van der Waals surface area contributed by atoms with Gasteiger partial charge in [-0.15, -0.1) is 0 Å². The number of nitrogens with zero attached hydrogens (tertiary/aromatic N) is 3. The highest BCUT2D eigenvalue weighted by Gasteiger charge is 2.09. The van der Waals surface area contributed by atoms with Gasteiger partial charge < -0.3 is 4.52 Å². The molecular formula is C9H9N3O. The maximum Gasteiger partial charge on any atom is 0.214 e. The molecule has 0 aliphatic rings. The number of hydrogen-bond donors (Lipinski definition) is 0. The Morgan fingerprint density at radius 1 is 1.15 bits per heavy atom. The van der Waals surface area contributed by atoms with Crippen molar-refractivity contribution in [1.29, 1.82) is 0 Å². The fourth-order valence-electron chi connectivity index (χ4n) is 1.33. The van der Waals surface area contributed by atoms with Crippen molar-refractivity contribution < 1.29 is 4.52 Å². The van der Waals surface area contributed by atoms with Crippen LogP contribution in [0, 0.1) is 13.8 Å². The van der Waals surface area contributed by atoms with Gasteiger partial charge in [-0.1, -0.05) is 5.16 Å². The van der Waals surface area contributed by atoms with E-state index in [9.17, 15) is 0 Å². The van der Waals surface area contributed by atoms with E-state index in [0.717, 1.165) is 16.7 Å². The van der Waals surface area contributed by atoms with Gasteiger partial charge in [-0.25, -0.2) is 0 Å². The Balaban J connectivity index is 2.64. The van der Waals surface area contributed by atoms with Crippen molar-refractivity contribution >= 4 is 0 Å². The Labute approximate surface area is 75.6 Å². The third-order valence-electron chi connectivity index (χ3n) is 1.91. The summed E-state index contributed by atoms with van der Waals surface area (Å²) in [5.41, 5.74) is 3.12. The average molecular weight is 175 g/mol. The summed E-state index contributed by atoms with van der Waals surface area (Å²) in [6, 6.07) is 0. The molecule has 0 atom stereocenters. The summed E-state index contributed by atoms with van der Waals surface area (Å²) in [5.74, 6) is 0.623.